The van der Waals surface area contributed by atoms with Gasteiger partial charge in [0, 0.05) is 31.9 Å². The summed E-state index contributed by atoms with van der Waals surface area (Å²) in [5, 5.41) is 14.7. The van der Waals surface area contributed by atoms with Gasteiger partial charge in [-0.2, -0.15) is 22.5 Å². The molecule has 17 heavy (non-hydrogen) atoms. The van der Waals surface area contributed by atoms with Crippen molar-refractivity contribution in [3.8, 4) is 0 Å². The third-order valence-corrected chi connectivity index (χ3v) is 3.58. The maximum Gasteiger partial charge on any atom is 0.304 e. The van der Waals surface area contributed by atoms with Crippen molar-refractivity contribution in [3.63, 3.8) is 0 Å². The molecule has 1 aromatic rings. The van der Waals surface area contributed by atoms with E-state index in [0.29, 0.717) is 5.56 Å². The van der Waals surface area contributed by atoms with Crippen LogP contribution in [-0.4, -0.2) is 47.6 Å². The van der Waals surface area contributed by atoms with Crippen LogP contribution in [0.1, 0.15) is 12.0 Å². The van der Waals surface area contributed by atoms with Crippen molar-refractivity contribution in [1.29, 1.82) is 0 Å². The zero-order valence-electron chi connectivity index (χ0n) is 9.25. The van der Waals surface area contributed by atoms with Crippen molar-refractivity contribution in [2.24, 2.45) is 0 Å². The van der Waals surface area contributed by atoms with Crippen LogP contribution in [0, 0.1) is 0 Å². The van der Waals surface area contributed by atoms with E-state index in [1.807, 2.05) is 0 Å². The molecule has 0 saturated carbocycles. The van der Waals surface area contributed by atoms with Crippen molar-refractivity contribution >= 4 is 16.2 Å². The highest BCUT2D eigenvalue weighted by atomic mass is 32.2. The van der Waals surface area contributed by atoms with E-state index >= 15 is 0 Å². The molecule has 0 amide bonds. The van der Waals surface area contributed by atoms with Crippen LogP contribution in [0.4, 0.5) is 0 Å². The van der Waals surface area contributed by atoms with E-state index in [2.05, 4.69) is 14.9 Å². The fraction of sp³-hybridized carbons (Fsp3) is 0.500. The van der Waals surface area contributed by atoms with E-state index in [9.17, 15) is 13.2 Å². The van der Waals surface area contributed by atoms with Crippen LogP contribution in [0.15, 0.2) is 12.4 Å². The average Bonchev–Trinajstić information content (AvgIpc) is 2.75. The van der Waals surface area contributed by atoms with E-state index in [1.54, 1.807) is 6.20 Å². The Balaban J connectivity index is 2.47. The van der Waals surface area contributed by atoms with E-state index in [4.69, 9.17) is 5.11 Å². The fourth-order valence-electron chi connectivity index (χ4n) is 1.03. The van der Waals surface area contributed by atoms with E-state index < -0.39 is 16.2 Å². The first kappa shape index (κ1) is 13.6. The predicted octanol–water partition coefficient (Wildman–Crippen LogP) is -0.849. The van der Waals surface area contributed by atoms with E-state index in [0.717, 1.165) is 4.31 Å². The molecule has 0 aliphatic rings. The molecule has 0 fully saturated rings. The van der Waals surface area contributed by atoms with Gasteiger partial charge in [0.05, 0.1) is 12.6 Å². The quantitative estimate of drug-likeness (QED) is 0.592. The number of aromatic nitrogens is 2. The Labute approximate surface area is 98.8 Å². The summed E-state index contributed by atoms with van der Waals surface area (Å²) in [7, 11) is -2.33. The summed E-state index contributed by atoms with van der Waals surface area (Å²) < 4.78 is 26.5. The molecular formula is C8H14N4O4S. The standard InChI is InChI=1S/C8H14N4O4S/c1-12(3-2-8(13)14)17(15,16)11-6-7-4-9-10-5-7/h4-5,11H,2-3,6H2,1H3,(H,9,10)(H,13,14). The molecule has 0 spiro atoms. The third kappa shape index (κ3) is 4.51. The number of H-pyrrole nitrogens is 1. The summed E-state index contributed by atoms with van der Waals surface area (Å²) >= 11 is 0. The molecule has 0 atom stereocenters. The van der Waals surface area contributed by atoms with Gasteiger partial charge in [-0.15, -0.1) is 0 Å². The molecule has 96 valence electrons. The van der Waals surface area contributed by atoms with Gasteiger partial charge < -0.3 is 5.11 Å². The molecule has 0 bridgehead atoms. The first-order chi connectivity index (χ1) is 7.92. The topological polar surface area (TPSA) is 115 Å². The van der Waals surface area contributed by atoms with Gasteiger partial charge in [-0.05, 0) is 0 Å². The smallest absolute Gasteiger partial charge is 0.304 e. The Kier molecular flexibility index (Phi) is 4.61. The Morgan fingerprint density at radius 2 is 2.35 bits per heavy atom. The van der Waals surface area contributed by atoms with Gasteiger partial charge in [-0.3, -0.25) is 9.89 Å². The number of aromatic amines is 1. The number of carbonyl (C=O) groups is 1. The van der Waals surface area contributed by atoms with Crippen LogP contribution in [0.5, 0.6) is 0 Å². The van der Waals surface area contributed by atoms with Gasteiger partial charge in [0.1, 0.15) is 0 Å². The lowest BCUT2D eigenvalue weighted by Crippen LogP contribution is -2.38. The zero-order chi connectivity index (χ0) is 12.9. The lowest BCUT2D eigenvalue weighted by atomic mass is 10.4. The maximum atomic E-state index is 11.6. The highest BCUT2D eigenvalue weighted by Crippen LogP contribution is 1.99. The van der Waals surface area contributed by atoms with Crippen molar-refractivity contribution < 1.29 is 18.3 Å². The van der Waals surface area contributed by atoms with Gasteiger partial charge in [0.25, 0.3) is 10.2 Å². The predicted molar refractivity (Wildman–Crippen MR) is 59.2 cm³/mol. The molecule has 0 aromatic carbocycles. The number of nitrogens with one attached hydrogen (secondary N) is 2. The van der Waals surface area contributed by atoms with Crippen LogP contribution in [-0.2, 0) is 21.5 Å². The molecule has 8 nitrogen and oxygen atoms in total. The highest BCUT2D eigenvalue weighted by Gasteiger charge is 2.17. The molecule has 1 heterocycles. The van der Waals surface area contributed by atoms with Crippen LogP contribution in [0.3, 0.4) is 0 Å². The van der Waals surface area contributed by atoms with E-state index in [-0.39, 0.29) is 19.5 Å². The van der Waals surface area contributed by atoms with Crippen molar-refractivity contribution in [2.75, 3.05) is 13.6 Å². The minimum absolute atomic E-state index is 0.0734. The summed E-state index contributed by atoms with van der Waals surface area (Å²) in [4.78, 5) is 10.3. The minimum atomic E-state index is -3.65. The van der Waals surface area contributed by atoms with Gasteiger partial charge in [0.2, 0.25) is 0 Å². The average molecular weight is 262 g/mol. The molecule has 0 radical (unpaired) electrons. The molecule has 9 heteroatoms. The second kappa shape index (κ2) is 5.75. The Bertz CT molecular complexity index is 456. The normalized spacial score (nSPS) is 11.9. The molecule has 1 rings (SSSR count). The Morgan fingerprint density at radius 1 is 1.65 bits per heavy atom. The lowest BCUT2D eigenvalue weighted by molar-refractivity contribution is -0.137. The number of aliphatic carboxylic acids is 1. The first-order valence-electron chi connectivity index (χ1n) is 4.82. The SMILES string of the molecule is CN(CCC(=O)O)S(=O)(=O)NCc1cn[nH]c1. The highest BCUT2D eigenvalue weighted by molar-refractivity contribution is 7.87. The number of rotatable bonds is 7. The molecule has 1 aromatic heterocycles. The number of hydrogen-bond acceptors (Lipinski definition) is 4. The summed E-state index contributed by atoms with van der Waals surface area (Å²) in [6, 6.07) is 0. The fourth-order valence-corrected chi connectivity index (χ4v) is 1.93. The molecule has 0 aliphatic carbocycles. The number of carboxylic acids is 1. The molecule has 0 aliphatic heterocycles. The Hall–Kier alpha value is -1.45. The monoisotopic (exact) mass is 262 g/mol. The van der Waals surface area contributed by atoms with Crippen molar-refractivity contribution in [3.05, 3.63) is 18.0 Å². The minimum Gasteiger partial charge on any atom is -0.481 e. The number of nitrogens with zero attached hydrogens (tertiary/aromatic N) is 2. The second-order valence-corrected chi connectivity index (χ2v) is 5.26. The van der Waals surface area contributed by atoms with Gasteiger partial charge in [-0.25, -0.2) is 0 Å². The summed E-state index contributed by atoms with van der Waals surface area (Å²) in [5.41, 5.74) is 0.695. The van der Waals surface area contributed by atoms with Crippen LogP contribution in [0.2, 0.25) is 0 Å². The molecule has 0 unspecified atom stereocenters. The van der Waals surface area contributed by atoms with Crippen molar-refractivity contribution in [1.82, 2.24) is 19.2 Å². The number of hydrogen-bond donors (Lipinski definition) is 3. The molecule has 0 saturated heterocycles. The van der Waals surface area contributed by atoms with Gasteiger partial charge >= 0.3 is 5.97 Å². The molecule has 3 N–H and O–H groups in total. The van der Waals surface area contributed by atoms with Gasteiger partial charge in [0.15, 0.2) is 0 Å². The largest absolute Gasteiger partial charge is 0.481 e. The van der Waals surface area contributed by atoms with E-state index in [1.165, 1.54) is 13.2 Å². The van der Waals surface area contributed by atoms with Crippen molar-refractivity contribution in [2.45, 2.75) is 13.0 Å². The summed E-state index contributed by atoms with van der Waals surface area (Å²) in [5.74, 6) is -1.04. The molecular weight excluding hydrogens is 248 g/mol. The van der Waals surface area contributed by atoms with Crippen LogP contribution >= 0.6 is 0 Å². The summed E-state index contributed by atoms with van der Waals surface area (Å²) in [6.45, 7) is 0.0340. The number of carboxylic acid groups (broad SMARTS) is 1. The first-order valence-corrected chi connectivity index (χ1v) is 6.26. The third-order valence-electron chi connectivity index (χ3n) is 2.06. The summed E-state index contributed by atoms with van der Waals surface area (Å²) in [6.07, 6.45) is 2.84. The van der Waals surface area contributed by atoms with Crippen LogP contribution < -0.4 is 4.72 Å². The zero-order valence-corrected chi connectivity index (χ0v) is 10.1. The lowest BCUT2D eigenvalue weighted by Gasteiger charge is -2.16. The van der Waals surface area contributed by atoms with Gasteiger partial charge in [-0.1, -0.05) is 0 Å². The second-order valence-electron chi connectivity index (χ2n) is 3.40. The maximum absolute atomic E-state index is 11.6. The Morgan fingerprint density at radius 3 is 2.88 bits per heavy atom. The van der Waals surface area contributed by atoms with Crippen LogP contribution in [0.25, 0.3) is 0 Å².